The maximum atomic E-state index is 12.7. The molecule has 0 fully saturated rings. The van der Waals surface area contributed by atoms with E-state index in [1.807, 2.05) is 43.3 Å². The van der Waals surface area contributed by atoms with Crippen molar-refractivity contribution in [3.8, 4) is 0 Å². The summed E-state index contributed by atoms with van der Waals surface area (Å²) in [5, 5.41) is 19.5. The first-order valence-corrected chi connectivity index (χ1v) is 9.47. The average Bonchev–Trinajstić information content (AvgIpc) is 3.29. The first-order valence-electron chi connectivity index (χ1n) is 9.47. The molecular formula is C21H23N5O3. The van der Waals surface area contributed by atoms with Gasteiger partial charge in [0, 0.05) is 35.9 Å². The Morgan fingerprint density at radius 3 is 2.97 bits per heavy atom. The minimum Gasteiger partial charge on any atom is -0.447 e. The topological polar surface area (TPSA) is 103 Å². The van der Waals surface area contributed by atoms with Crippen molar-refractivity contribution in [1.29, 1.82) is 0 Å². The fraction of sp³-hybridized carbons (Fsp3) is 0.286. The summed E-state index contributed by atoms with van der Waals surface area (Å²) in [4.78, 5) is 18.8. The molecule has 0 aliphatic heterocycles. The van der Waals surface area contributed by atoms with E-state index in [1.54, 1.807) is 12.4 Å². The summed E-state index contributed by atoms with van der Waals surface area (Å²) < 4.78 is 5.81. The lowest BCUT2D eigenvalue weighted by Gasteiger charge is -2.11. The minimum absolute atomic E-state index is 0.227. The summed E-state index contributed by atoms with van der Waals surface area (Å²) >= 11 is 0. The Balaban J connectivity index is 1.65. The van der Waals surface area contributed by atoms with E-state index in [0.29, 0.717) is 23.5 Å². The largest absolute Gasteiger partial charge is 0.447 e. The highest BCUT2D eigenvalue weighted by Gasteiger charge is 2.22. The Kier molecular flexibility index (Phi) is 5.18. The molecule has 1 aromatic carbocycles. The average molecular weight is 393 g/mol. The number of nitrogens with one attached hydrogen (secondary N) is 2. The predicted octanol–water partition coefficient (Wildman–Crippen LogP) is 2.99. The fourth-order valence-electron chi connectivity index (χ4n) is 3.50. The molecule has 4 rings (SSSR count). The number of nitrogens with zero attached hydrogens (tertiary/aromatic N) is 3. The van der Waals surface area contributed by atoms with Gasteiger partial charge in [0.15, 0.2) is 5.58 Å². The van der Waals surface area contributed by atoms with Crippen molar-refractivity contribution in [3.05, 3.63) is 53.5 Å². The van der Waals surface area contributed by atoms with Gasteiger partial charge in [-0.25, -0.2) is 0 Å². The van der Waals surface area contributed by atoms with Gasteiger partial charge in [-0.05, 0) is 50.7 Å². The molecule has 2 aromatic heterocycles. The summed E-state index contributed by atoms with van der Waals surface area (Å²) in [7, 11) is 3.90. The number of amides is 1. The number of benzene rings is 1. The molecule has 0 radical (unpaired) electrons. The zero-order chi connectivity index (χ0) is 20.4. The second kappa shape index (κ2) is 7.92. The molecule has 8 heteroatoms. The molecule has 0 bridgehead atoms. The van der Waals surface area contributed by atoms with Gasteiger partial charge in [-0.15, -0.1) is 0 Å². The van der Waals surface area contributed by atoms with Crippen molar-refractivity contribution in [1.82, 2.24) is 15.2 Å². The van der Waals surface area contributed by atoms with E-state index in [4.69, 9.17) is 9.62 Å². The van der Waals surface area contributed by atoms with Crippen LogP contribution in [0.4, 0.5) is 11.4 Å². The SMILES string of the molecule is CN(C)CCNC(=O)c1oc2cnccc2c1Nc1ccc2c(c1)CC/C2=N\O. The summed E-state index contributed by atoms with van der Waals surface area (Å²) in [5.41, 5.74) is 4.76. The quantitative estimate of drug-likeness (QED) is 0.439. The molecule has 2 heterocycles. The lowest BCUT2D eigenvalue weighted by Crippen LogP contribution is -2.31. The number of oxime groups is 1. The van der Waals surface area contributed by atoms with E-state index in [2.05, 4.69) is 20.8 Å². The van der Waals surface area contributed by atoms with Gasteiger partial charge in [-0.3, -0.25) is 9.78 Å². The number of anilines is 2. The zero-order valence-corrected chi connectivity index (χ0v) is 16.4. The van der Waals surface area contributed by atoms with Gasteiger partial charge in [0.25, 0.3) is 5.91 Å². The first kappa shape index (κ1) is 18.9. The summed E-state index contributed by atoms with van der Waals surface area (Å²) in [5.74, 6) is -0.0497. The molecule has 0 saturated heterocycles. The van der Waals surface area contributed by atoms with Crippen LogP contribution in [-0.4, -0.2) is 53.9 Å². The zero-order valence-electron chi connectivity index (χ0n) is 16.4. The van der Waals surface area contributed by atoms with Crippen LogP contribution in [0.3, 0.4) is 0 Å². The van der Waals surface area contributed by atoms with Crippen LogP contribution in [0.2, 0.25) is 0 Å². The molecule has 3 aromatic rings. The van der Waals surface area contributed by atoms with Crippen molar-refractivity contribution < 1.29 is 14.4 Å². The van der Waals surface area contributed by atoms with Gasteiger partial charge in [-0.1, -0.05) is 11.2 Å². The van der Waals surface area contributed by atoms with Crippen LogP contribution in [0.15, 0.2) is 46.2 Å². The third kappa shape index (κ3) is 3.79. The molecule has 8 nitrogen and oxygen atoms in total. The normalized spacial score (nSPS) is 14.5. The number of carbonyl (C=O) groups is 1. The summed E-state index contributed by atoms with van der Waals surface area (Å²) in [6, 6.07) is 7.67. The summed E-state index contributed by atoms with van der Waals surface area (Å²) in [6.07, 6.45) is 4.81. The fourth-order valence-corrected chi connectivity index (χ4v) is 3.50. The number of aryl methyl sites for hydroxylation is 1. The molecule has 0 saturated carbocycles. The van der Waals surface area contributed by atoms with Crippen molar-refractivity contribution >= 4 is 34.0 Å². The van der Waals surface area contributed by atoms with E-state index in [0.717, 1.165) is 41.6 Å². The Labute approximate surface area is 168 Å². The number of rotatable bonds is 6. The van der Waals surface area contributed by atoms with Crippen LogP contribution in [0.25, 0.3) is 11.0 Å². The number of hydrogen-bond acceptors (Lipinski definition) is 7. The van der Waals surface area contributed by atoms with Crippen molar-refractivity contribution in [2.24, 2.45) is 5.16 Å². The Morgan fingerprint density at radius 2 is 2.17 bits per heavy atom. The van der Waals surface area contributed by atoms with Crippen LogP contribution in [-0.2, 0) is 6.42 Å². The van der Waals surface area contributed by atoms with E-state index in [-0.39, 0.29) is 11.7 Å². The summed E-state index contributed by atoms with van der Waals surface area (Å²) in [6.45, 7) is 1.25. The predicted molar refractivity (Wildman–Crippen MR) is 111 cm³/mol. The molecule has 0 atom stereocenters. The smallest absolute Gasteiger partial charge is 0.289 e. The van der Waals surface area contributed by atoms with Crippen molar-refractivity contribution in [2.45, 2.75) is 12.8 Å². The number of furan rings is 1. The minimum atomic E-state index is -0.276. The van der Waals surface area contributed by atoms with E-state index in [9.17, 15) is 4.79 Å². The van der Waals surface area contributed by atoms with Crippen LogP contribution < -0.4 is 10.6 Å². The number of hydrogen-bond donors (Lipinski definition) is 3. The number of aromatic nitrogens is 1. The van der Waals surface area contributed by atoms with Gasteiger partial charge in [0.2, 0.25) is 5.76 Å². The molecule has 29 heavy (non-hydrogen) atoms. The highest BCUT2D eigenvalue weighted by atomic mass is 16.4. The molecule has 0 spiro atoms. The molecular weight excluding hydrogens is 370 g/mol. The second-order valence-corrected chi connectivity index (χ2v) is 7.28. The molecule has 1 amide bonds. The molecule has 150 valence electrons. The van der Waals surface area contributed by atoms with Gasteiger partial charge >= 0.3 is 0 Å². The van der Waals surface area contributed by atoms with E-state index < -0.39 is 0 Å². The van der Waals surface area contributed by atoms with E-state index >= 15 is 0 Å². The van der Waals surface area contributed by atoms with Gasteiger partial charge in [0.1, 0.15) is 0 Å². The number of pyridine rings is 1. The Hall–Kier alpha value is -3.39. The molecule has 0 unspecified atom stereocenters. The van der Waals surface area contributed by atoms with Crippen LogP contribution in [0, 0.1) is 0 Å². The number of carbonyl (C=O) groups excluding carboxylic acids is 1. The molecule has 1 aliphatic rings. The standard InChI is InChI=1S/C21H23N5O3/c1-26(2)10-9-23-21(27)20-19(16-7-8-22-12-18(16)29-20)24-14-4-5-15-13(11-14)3-6-17(15)25-28/h4-5,7-8,11-12,24,28H,3,6,9-10H2,1-2H3,(H,23,27)/b25-17+. The Morgan fingerprint density at radius 1 is 1.31 bits per heavy atom. The van der Waals surface area contributed by atoms with Crippen molar-refractivity contribution in [3.63, 3.8) is 0 Å². The number of fused-ring (bicyclic) bond motifs is 2. The van der Waals surface area contributed by atoms with Gasteiger partial charge in [0.05, 0.1) is 17.6 Å². The van der Waals surface area contributed by atoms with Crippen LogP contribution in [0.1, 0.15) is 28.1 Å². The highest BCUT2D eigenvalue weighted by Crippen LogP contribution is 2.34. The van der Waals surface area contributed by atoms with Crippen LogP contribution in [0.5, 0.6) is 0 Å². The van der Waals surface area contributed by atoms with Crippen molar-refractivity contribution in [2.75, 3.05) is 32.5 Å². The molecule has 1 aliphatic carbocycles. The lowest BCUT2D eigenvalue weighted by atomic mass is 10.1. The third-order valence-electron chi connectivity index (χ3n) is 4.98. The monoisotopic (exact) mass is 393 g/mol. The maximum absolute atomic E-state index is 12.7. The van der Waals surface area contributed by atoms with Gasteiger partial charge in [-0.2, -0.15) is 0 Å². The second-order valence-electron chi connectivity index (χ2n) is 7.28. The Bertz CT molecular complexity index is 1090. The maximum Gasteiger partial charge on any atom is 0.289 e. The first-order chi connectivity index (χ1) is 14.1. The third-order valence-corrected chi connectivity index (χ3v) is 4.98. The van der Waals surface area contributed by atoms with E-state index in [1.165, 1.54) is 0 Å². The highest BCUT2D eigenvalue weighted by molar-refractivity contribution is 6.07. The van der Waals surface area contributed by atoms with Gasteiger partial charge < -0.3 is 25.2 Å². The lowest BCUT2D eigenvalue weighted by molar-refractivity contribution is 0.0926. The molecule has 3 N–H and O–H groups in total. The number of likely N-dealkylation sites (N-methyl/N-ethyl adjacent to an activating group) is 1. The van der Waals surface area contributed by atoms with Crippen LogP contribution >= 0.6 is 0 Å².